The lowest BCUT2D eigenvalue weighted by Gasteiger charge is -2.29. The Hall–Kier alpha value is -0.980. The summed E-state index contributed by atoms with van der Waals surface area (Å²) in [5.41, 5.74) is 3.68. The van der Waals surface area contributed by atoms with Crippen LogP contribution in [0.3, 0.4) is 0 Å². The maximum Gasteiger partial charge on any atom is 0.147 e. The van der Waals surface area contributed by atoms with Crippen molar-refractivity contribution in [3.8, 4) is 0 Å². The first-order chi connectivity index (χ1) is 9.53. The molecule has 0 saturated heterocycles. The molecule has 0 bridgehead atoms. The predicted molar refractivity (Wildman–Crippen MR) is 89.2 cm³/mol. The first kappa shape index (κ1) is 12.7. The molecule has 3 aromatic heterocycles. The number of H-pyrrole nitrogens is 1. The van der Waals surface area contributed by atoms with E-state index in [4.69, 9.17) is 17.2 Å². The number of thiophene rings is 1. The zero-order chi connectivity index (χ0) is 13.9. The van der Waals surface area contributed by atoms with Gasteiger partial charge in [-0.3, -0.25) is 0 Å². The smallest absolute Gasteiger partial charge is 0.147 e. The maximum atomic E-state index is 5.31. The largest absolute Gasteiger partial charge is 0.345 e. The van der Waals surface area contributed by atoms with Gasteiger partial charge in [0.15, 0.2) is 0 Å². The van der Waals surface area contributed by atoms with Crippen molar-refractivity contribution in [2.75, 3.05) is 0 Å². The zero-order valence-corrected chi connectivity index (χ0v) is 13.6. The minimum absolute atomic E-state index is 0.279. The molecule has 0 atom stereocenters. The lowest BCUT2D eigenvalue weighted by atomic mass is 10.0. The van der Waals surface area contributed by atoms with Gasteiger partial charge in [0.05, 0.1) is 16.5 Å². The number of rotatable bonds is 0. The third kappa shape index (κ3) is 1.89. The van der Waals surface area contributed by atoms with Gasteiger partial charge in [-0.15, -0.1) is 11.3 Å². The van der Waals surface area contributed by atoms with Crippen molar-refractivity contribution < 1.29 is 0 Å². The van der Waals surface area contributed by atoms with E-state index in [1.165, 1.54) is 16.6 Å². The van der Waals surface area contributed by atoms with E-state index >= 15 is 0 Å². The monoisotopic (exact) mass is 319 g/mol. The van der Waals surface area contributed by atoms with Gasteiger partial charge in [-0.25, -0.2) is 9.97 Å². The highest BCUT2D eigenvalue weighted by molar-refractivity contribution is 7.99. The van der Waals surface area contributed by atoms with Gasteiger partial charge < -0.3 is 4.98 Å². The molecule has 0 aromatic carbocycles. The summed E-state index contributed by atoms with van der Waals surface area (Å²) in [5.74, 6) is 1.04. The molecule has 6 heteroatoms. The SMILES string of the molecule is CC1(C)Cc2nc3sc4c(=S)nc[nH]c4c3cc2CS1. The molecule has 0 amide bonds. The van der Waals surface area contributed by atoms with Gasteiger partial charge in [0.25, 0.3) is 0 Å². The molecule has 0 unspecified atom stereocenters. The highest BCUT2D eigenvalue weighted by atomic mass is 32.2. The van der Waals surface area contributed by atoms with Crippen molar-refractivity contribution in [2.45, 2.75) is 30.8 Å². The fraction of sp³-hybridized carbons (Fsp3) is 0.357. The van der Waals surface area contributed by atoms with Gasteiger partial charge in [0.2, 0.25) is 0 Å². The van der Waals surface area contributed by atoms with Crippen LogP contribution in [0, 0.1) is 4.64 Å². The number of nitrogens with one attached hydrogen (secondary N) is 1. The Labute approximate surface area is 129 Å². The van der Waals surface area contributed by atoms with Gasteiger partial charge in [-0.2, -0.15) is 11.8 Å². The number of pyridine rings is 1. The number of aromatic nitrogens is 3. The first-order valence-electron chi connectivity index (χ1n) is 6.46. The van der Waals surface area contributed by atoms with Gasteiger partial charge in [-0.1, -0.05) is 26.1 Å². The molecule has 3 nitrogen and oxygen atoms in total. The van der Waals surface area contributed by atoms with Gasteiger partial charge in [0, 0.05) is 28.0 Å². The van der Waals surface area contributed by atoms with Crippen molar-refractivity contribution in [1.82, 2.24) is 15.0 Å². The fourth-order valence-electron chi connectivity index (χ4n) is 2.61. The van der Waals surface area contributed by atoms with E-state index in [0.717, 1.165) is 27.2 Å². The molecule has 0 spiro atoms. The number of hydrogen-bond donors (Lipinski definition) is 1. The van der Waals surface area contributed by atoms with Crippen LogP contribution in [0.1, 0.15) is 25.1 Å². The Bertz CT molecular complexity index is 892. The summed E-state index contributed by atoms with van der Waals surface area (Å²) in [6.07, 6.45) is 2.70. The van der Waals surface area contributed by atoms with E-state index in [2.05, 4.69) is 29.9 Å². The highest BCUT2D eigenvalue weighted by Crippen LogP contribution is 2.40. The molecule has 0 aliphatic carbocycles. The Morgan fingerprint density at radius 3 is 3.10 bits per heavy atom. The van der Waals surface area contributed by atoms with Crippen LogP contribution in [-0.2, 0) is 12.2 Å². The Kier molecular flexibility index (Phi) is 2.71. The molecule has 0 saturated carbocycles. The van der Waals surface area contributed by atoms with Crippen molar-refractivity contribution in [2.24, 2.45) is 0 Å². The molecule has 0 radical (unpaired) electrons. The standard InChI is InChI=1S/C14H13N3S3/c1-14(2)4-9-7(5-19-14)3-8-10-11(20-13(8)17-9)12(18)16-6-15-10/h3,6H,4-5H2,1-2H3,(H,15,16,18). The molecule has 1 aliphatic heterocycles. The van der Waals surface area contributed by atoms with Crippen LogP contribution < -0.4 is 0 Å². The van der Waals surface area contributed by atoms with Crippen molar-refractivity contribution in [3.05, 3.63) is 28.3 Å². The second-order valence-electron chi connectivity index (χ2n) is 5.69. The van der Waals surface area contributed by atoms with E-state index in [1.807, 2.05) is 11.8 Å². The number of nitrogens with zero attached hydrogens (tertiary/aromatic N) is 2. The van der Waals surface area contributed by atoms with Crippen LogP contribution in [-0.4, -0.2) is 19.7 Å². The van der Waals surface area contributed by atoms with Crippen LogP contribution in [0.2, 0.25) is 0 Å². The Morgan fingerprint density at radius 2 is 2.25 bits per heavy atom. The minimum atomic E-state index is 0.279. The molecule has 1 aliphatic rings. The molecule has 3 aromatic rings. The first-order valence-corrected chi connectivity index (χ1v) is 8.67. The number of fused-ring (bicyclic) bond motifs is 4. The maximum absolute atomic E-state index is 5.31. The molecular formula is C14H13N3S3. The zero-order valence-electron chi connectivity index (χ0n) is 11.2. The molecule has 4 rings (SSSR count). The van der Waals surface area contributed by atoms with Crippen molar-refractivity contribution >= 4 is 55.7 Å². The summed E-state index contributed by atoms with van der Waals surface area (Å²) in [5, 5.41) is 1.18. The molecule has 0 fully saturated rings. The highest BCUT2D eigenvalue weighted by Gasteiger charge is 2.27. The van der Waals surface area contributed by atoms with Crippen LogP contribution in [0.4, 0.5) is 0 Å². The summed E-state index contributed by atoms with van der Waals surface area (Å²) < 4.78 is 1.98. The molecule has 102 valence electrons. The quantitative estimate of drug-likeness (QED) is 0.621. The molecule has 1 N–H and O–H groups in total. The second kappa shape index (κ2) is 4.26. The summed E-state index contributed by atoms with van der Waals surface area (Å²) >= 11 is 8.96. The van der Waals surface area contributed by atoms with E-state index in [-0.39, 0.29) is 4.75 Å². The fourth-order valence-corrected chi connectivity index (χ4v) is 4.96. The number of thioether (sulfide) groups is 1. The minimum Gasteiger partial charge on any atom is -0.345 e. The summed E-state index contributed by atoms with van der Waals surface area (Å²) in [4.78, 5) is 13.4. The lowest BCUT2D eigenvalue weighted by molar-refractivity contribution is 0.679. The van der Waals surface area contributed by atoms with Crippen LogP contribution in [0.25, 0.3) is 20.4 Å². The molecule has 20 heavy (non-hydrogen) atoms. The number of hydrogen-bond acceptors (Lipinski definition) is 5. The Morgan fingerprint density at radius 1 is 1.40 bits per heavy atom. The van der Waals surface area contributed by atoms with E-state index in [1.54, 1.807) is 17.7 Å². The van der Waals surface area contributed by atoms with Crippen LogP contribution >= 0.6 is 35.3 Å². The predicted octanol–water partition coefficient (Wildman–Crippen LogP) is 4.47. The lowest BCUT2D eigenvalue weighted by Crippen LogP contribution is -2.24. The third-order valence-corrected chi connectivity index (χ3v) is 6.57. The normalized spacial score (nSPS) is 17.5. The Balaban J connectivity index is 2.04. The molecular weight excluding hydrogens is 306 g/mol. The third-order valence-electron chi connectivity index (χ3n) is 3.65. The summed E-state index contributed by atoms with van der Waals surface area (Å²) in [6.45, 7) is 4.58. The van der Waals surface area contributed by atoms with E-state index in [9.17, 15) is 0 Å². The van der Waals surface area contributed by atoms with Gasteiger partial charge in [0.1, 0.15) is 9.47 Å². The van der Waals surface area contributed by atoms with Gasteiger partial charge in [-0.05, 0) is 11.6 Å². The van der Waals surface area contributed by atoms with Crippen LogP contribution in [0.15, 0.2) is 12.4 Å². The van der Waals surface area contributed by atoms with E-state index in [0.29, 0.717) is 4.64 Å². The summed E-state index contributed by atoms with van der Waals surface area (Å²) in [7, 11) is 0. The van der Waals surface area contributed by atoms with Gasteiger partial charge >= 0.3 is 0 Å². The molecule has 4 heterocycles. The van der Waals surface area contributed by atoms with E-state index < -0.39 is 0 Å². The average Bonchev–Trinajstić information content (AvgIpc) is 2.75. The number of aromatic amines is 1. The average molecular weight is 319 g/mol. The topological polar surface area (TPSA) is 41.6 Å². The van der Waals surface area contributed by atoms with Crippen molar-refractivity contribution in [3.63, 3.8) is 0 Å². The summed E-state index contributed by atoms with van der Waals surface area (Å²) in [6, 6.07) is 2.28. The van der Waals surface area contributed by atoms with Crippen LogP contribution in [0.5, 0.6) is 0 Å². The second-order valence-corrected chi connectivity index (χ2v) is 8.75. The van der Waals surface area contributed by atoms with Crippen molar-refractivity contribution in [1.29, 1.82) is 0 Å².